The van der Waals surface area contributed by atoms with Crippen LogP contribution in [0.1, 0.15) is 23.0 Å². The van der Waals surface area contributed by atoms with Gasteiger partial charge in [0.2, 0.25) is 10.0 Å². The number of sulfonamides is 1. The summed E-state index contributed by atoms with van der Waals surface area (Å²) in [6.45, 7) is 1.68. The Morgan fingerprint density at radius 3 is 2.67 bits per heavy atom. The van der Waals surface area contributed by atoms with E-state index in [1.165, 1.54) is 18.6 Å². The Morgan fingerprint density at radius 2 is 2.14 bits per heavy atom. The molecule has 1 fully saturated rings. The molecule has 7 nitrogen and oxygen atoms in total. The minimum absolute atomic E-state index is 0.00322. The zero-order valence-electron chi connectivity index (χ0n) is 11.5. The largest absolute Gasteiger partial charge is 0.481 e. The molecule has 2 atom stereocenters. The number of hydrogen-bond acceptors (Lipinski definition) is 6. The van der Waals surface area contributed by atoms with Gasteiger partial charge in [0, 0.05) is 12.6 Å². The highest BCUT2D eigenvalue weighted by molar-refractivity contribution is 7.89. The summed E-state index contributed by atoms with van der Waals surface area (Å²) in [7, 11) is -2.74. The molecule has 1 aliphatic heterocycles. The fraction of sp³-hybridized carbons (Fsp3) is 0.500. The summed E-state index contributed by atoms with van der Waals surface area (Å²) in [4.78, 5) is 22.6. The number of methoxy groups -OCH3 is 1. The van der Waals surface area contributed by atoms with E-state index < -0.39 is 33.9 Å². The predicted molar refractivity (Wildman–Crippen MR) is 74.8 cm³/mol. The van der Waals surface area contributed by atoms with E-state index >= 15 is 0 Å². The molecule has 2 heterocycles. The Labute approximate surface area is 126 Å². The zero-order chi connectivity index (χ0) is 15.8. The van der Waals surface area contributed by atoms with Crippen LogP contribution in [0.25, 0.3) is 0 Å². The smallest absolute Gasteiger partial charge is 0.349 e. The van der Waals surface area contributed by atoms with E-state index in [-0.39, 0.29) is 22.7 Å². The first-order valence-electron chi connectivity index (χ1n) is 6.21. The number of carboxylic acid groups (broad SMARTS) is 1. The normalized spacial score (nSPS) is 23.1. The predicted octanol–water partition coefficient (Wildman–Crippen LogP) is 1.02. The average molecular weight is 333 g/mol. The second kappa shape index (κ2) is 5.74. The van der Waals surface area contributed by atoms with Gasteiger partial charge < -0.3 is 9.84 Å². The van der Waals surface area contributed by atoms with Gasteiger partial charge in [-0.25, -0.2) is 13.2 Å². The fourth-order valence-electron chi connectivity index (χ4n) is 2.45. The number of aliphatic carboxylic acids is 1. The van der Waals surface area contributed by atoms with Crippen LogP contribution in [-0.4, -0.2) is 49.5 Å². The Balaban J connectivity index is 2.38. The lowest BCUT2D eigenvalue weighted by atomic mass is 10.0. The van der Waals surface area contributed by atoms with Crippen LogP contribution in [-0.2, 0) is 19.6 Å². The van der Waals surface area contributed by atoms with Crippen molar-refractivity contribution in [3.05, 3.63) is 16.3 Å². The first kappa shape index (κ1) is 15.9. The van der Waals surface area contributed by atoms with E-state index in [4.69, 9.17) is 5.11 Å². The van der Waals surface area contributed by atoms with E-state index in [1.54, 1.807) is 6.92 Å². The molecular weight excluding hydrogens is 318 g/mol. The molecule has 9 heteroatoms. The van der Waals surface area contributed by atoms with Gasteiger partial charge in [-0.2, -0.15) is 4.31 Å². The van der Waals surface area contributed by atoms with Crippen LogP contribution < -0.4 is 0 Å². The molecule has 2 rings (SSSR count). The summed E-state index contributed by atoms with van der Waals surface area (Å²) in [6, 6.07) is 0.686. The van der Waals surface area contributed by atoms with E-state index in [1.807, 2.05) is 0 Å². The van der Waals surface area contributed by atoms with Gasteiger partial charge in [0.25, 0.3) is 0 Å². The minimum Gasteiger partial charge on any atom is -0.481 e. The number of carboxylic acids is 1. The fourth-order valence-corrected chi connectivity index (χ4v) is 5.44. The third kappa shape index (κ3) is 2.68. The molecule has 1 N–H and O–H groups in total. The van der Waals surface area contributed by atoms with Crippen molar-refractivity contribution in [1.29, 1.82) is 0 Å². The van der Waals surface area contributed by atoms with Crippen LogP contribution in [0.4, 0.5) is 0 Å². The summed E-state index contributed by atoms with van der Waals surface area (Å²) < 4.78 is 31.0. The monoisotopic (exact) mass is 333 g/mol. The van der Waals surface area contributed by atoms with Crippen molar-refractivity contribution in [2.75, 3.05) is 13.7 Å². The summed E-state index contributed by atoms with van der Waals surface area (Å²) in [5.41, 5.74) is 0. The molecular formula is C12H15NO6S2. The molecule has 21 heavy (non-hydrogen) atoms. The number of carbonyl (C=O) groups excluding carboxylic acids is 1. The van der Waals surface area contributed by atoms with Crippen molar-refractivity contribution in [3.8, 4) is 0 Å². The Morgan fingerprint density at radius 1 is 1.48 bits per heavy atom. The maximum atomic E-state index is 12.6. The van der Waals surface area contributed by atoms with Gasteiger partial charge in [0.15, 0.2) is 0 Å². The van der Waals surface area contributed by atoms with Gasteiger partial charge in [-0.15, -0.1) is 11.3 Å². The number of thiophene rings is 1. The molecule has 1 aromatic heterocycles. The molecule has 0 amide bonds. The van der Waals surface area contributed by atoms with Crippen LogP contribution in [0, 0.1) is 5.92 Å². The second-order valence-corrected chi connectivity index (χ2v) is 7.47. The lowest BCUT2D eigenvalue weighted by Gasteiger charge is -2.22. The molecule has 0 radical (unpaired) electrons. The van der Waals surface area contributed by atoms with Gasteiger partial charge in [-0.1, -0.05) is 0 Å². The van der Waals surface area contributed by atoms with E-state index in [2.05, 4.69) is 4.74 Å². The van der Waals surface area contributed by atoms with Gasteiger partial charge in [-0.05, 0) is 24.8 Å². The highest BCUT2D eigenvalue weighted by Crippen LogP contribution is 2.33. The van der Waals surface area contributed by atoms with Crippen LogP contribution >= 0.6 is 11.3 Å². The SMILES string of the molecule is COC(=O)c1sccc1S(=O)(=O)N1CCC(C(=O)O)C1C. The molecule has 116 valence electrons. The lowest BCUT2D eigenvalue weighted by molar-refractivity contribution is -0.142. The van der Waals surface area contributed by atoms with Crippen LogP contribution in [0.2, 0.25) is 0 Å². The van der Waals surface area contributed by atoms with Gasteiger partial charge >= 0.3 is 11.9 Å². The highest BCUT2D eigenvalue weighted by Gasteiger charge is 2.43. The van der Waals surface area contributed by atoms with E-state index in [0.29, 0.717) is 0 Å². The molecule has 0 aliphatic carbocycles. The lowest BCUT2D eigenvalue weighted by Crippen LogP contribution is -2.38. The summed E-state index contributed by atoms with van der Waals surface area (Å²) in [5, 5.41) is 10.6. The zero-order valence-corrected chi connectivity index (χ0v) is 13.1. The summed E-state index contributed by atoms with van der Waals surface area (Å²) in [5.74, 6) is -2.47. The molecule has 2 unspecified atom stereocenters. The Kier molecular flexibility index (Phi) is 4.35. The van der Waals surface area contributed by atoms with E-state index in [9.17, 15) is 18.0 Å². The van der Waals surface area contributed by atoms with E-state index in [0.717, 1.165) is 15.6 Å². The Hall–Kier alpha value is -1.45. The number of ether oxygens (including phenoxy) is 1. The maximum absolute atomic E-state index is 12.6. The topological polar surface area (TPSA) is 101 Å². The maximum Gasteiger partial charge on any atom is 0.349 e. The second-order valence-electron chi connectivity index (χ2n) is 4.70. The number of rotatable bonds is 4. The van der Waals surface area contributed by atoms with Crippen molar-refractivity contribution < 1.29 is 27.9 Å². The van der Waals surface area contributed by atoms with Crippen molar-refractivity contribution in [2.24, 2.45) is 5.92 Å². The molecule has 0 saturated carbocycles. The minimum atomic E-state index is -3.92. The number of esters is 1. The highest BCUT2D eigenvalue weighted by atomic mass is 32.2. The van der Waals surface area contributed by atoms with Crippen molar-refractivity contribution in [1.82, 2.24) is 4.31 Å². The van der Waals surface area contributed by atoms with Crippen LogP contribution in [0.3, 0.4) is 0 Å². The molecule has 0 aromatic carbocycles. The molecule has 0 bridgehead atoms. The number of hydrogen-bond donors (Lipinski definition) is 1. The van der Waals surface area contributed by atoms with Crippen molar-refractivity contribution >= 4 is 33.3 Å². The summed E-state index contributed by atoms with van der Waals surface area (Å²) in [6.07, 6.45) is 0.257. The van der Waals surface area contributed by atoms with Crippen molar-refractivity contribution in [3.63, 3.8) is 0 Å². The first-order chi connectivity index (χ1) is 9.80. The summed E-state index contributed by atoms with van der Waals surface area (Å²) >= 11 is 0.980. The molecule has 1 saturated heterocycles. The Bertz CT molecular complexity index is 665. The quantitative estimate of drug-likeness (QED) is 0.826. The van der Waals surface area contributed by atoms with Gasteiger partial charge in [0.05, 0.1) is 13.0 Å². The van der Waals surface area contributed by atoms with Crippen LogP contribution in [0.15, 0.2) is 16.3 Å². The molecule has 1 aliphatic rings. The number of nitrogens with zero attached hydrogens (tertiary/aromatic N) is 1. The van der Waals surface area contributed by atoms with Crippen LogP contribution in [0.5, 0.6) is 0 Å². The molecule has 0 spiro atoms. The third-order valence-electron chi connectivity index (χ3n) is 3.60. The van der Waals surface area contributed by atoms with Gasteiger partial charge in [0.1, 0.15) is 9.77 Å². The van der Waals surface area contributed by atoms with Crippen molar-refractivity contribution in [2.45, 2.75) is 24.3 Å². The average Bonchev–Trinajstić information content (AvgIpc) is 3.04. The third-order valence-corrected chi connectivity index (χ3v) is 6.65. The molecule has 1 aromatic rings. The van der Waals surface area contributed by atoms with Gasteiger partial charge in [-0.3, -0.25) is 4.79 Å². The number of carbonyl (C=O) groups is 2. The first-order valence-corrected chi connectivity index (χ1v) is 8.53. The standard InChI is InChI=1S/C12H15NO6S2/c1-7-8(11(14)15)3-5-13(7)21(17,18)9-4-6-20-10(9)12(16)19-2/h4,6-8H,3,5H2,1-2H3,(H,14,15).